The van der Waals surface area contributed by atoms with Gasteiger partial charge in [0.2, 0.25) is 0 Å². The maximum atomic E-state index is 12.7. The largest absolute Gasteiger partial charge is 0.481 e. The molecule has 0 aromatic carbocycles. The Bertz CT molecular complexity index is 890. The van der Waals surface area contributed by atoms with Crippen molar-refractivity contribution >= 4 is 23.9 Å². The number of aliphatic hydroxyl groups is 2. The van der Waals surface area contributed by atoms with Crippen LogP contribution in [0.15, 0.2) is 0 Å². The number of primary amides is 1. The molecular formula is C27H46N2O13. The Hall–Kier alpha value is -2.56. The van der Waals surface area contributed by atoms with Gasteiger partial charge in [0.25, 0.3) is 0 Å². The summed E-state index contributed by atoms with van der Waals surface area (Å²) < 4.78 is 34.1. The number of carboxylic acid groups (broad SMARTS) is 1. The van der Waals surface area contributed by atoms with Crippen LogP contribution in [0.4, 0.5) is 4.79 Å². The summed E-state index contributed by atoms with van der Waals surface area (Å²) in [7, 11) is 0. The number of amides is 2. The van der Waals surface area contributed by atoms with Crippen LogP contribution in [0, 0.1) is 5.92 Å². The average molecular weight is 607 g/mol. The van der Waals surface area contributed by atoms with Gasteiger partial charge in [-0.1, -0.05) is 6.92 Å². The monoisotopic (exact) mass is 606 g/mol. The second-order valence-electron chi connectivity index (χ2n) is 10.9. The molecular weight excluding hydrogens is 560 g/mol. The van der Waals surface area contributed by atoms with Gasteiger partial charge >= 0.3 is 23.9 Å². The molecule has 10 atom stereocenters. The molecule has 2 rings (SSSR count). The molecule has 2 unspecified atom stereocenters. The fourth-order valence-electron chi connectivity index (χ4n) is 4.40. The number of unbranched alkanes of at least 4 members (excludes halogenated alkanes) is 1. The highest BCUT2D eigenvalue weighted by Crippen LogP contribution is 2.28. The maximum Gasteiger partial charge on any atom is 0.312 e. The van der Waals surface area contributed by atoms with Crippen molar-refractivity contribution < 1.29 is 62.9 Å². The Morgan fingerprint density at radius 3 is 2.29 bits per heavy atom. The van der Waals surface area contributed by atoms with Crippen molar-refractivity contribution in [2.24, 2.45) is 11.7 Å². The van der Waals surface area contributed by atoms with Crippen molar-refractivity contribution in [3.63, 3.8) is 0 Å². The van der Waals surface area contributed by atoms with E-state index in [1.54, 1.807) is 27.7 Å². The van der Waals surface area contributed by atoms with E-state index < -0.39 is 85.2 Å². The topological polar surface area (TPSA) is 222 Å². The van der Waals surface area contributed by atoms with Crippen molar-refractivity contribution in [2.45, 2.75) is 128 Å². The zero-order valence-electron chi connectivity index (χ0n) is 24.6. The first-order chi connectivity index (χ1) is 19.8. The molecule has 15 heteroatoms. The molecule has 0 saturated carbocycles. The van der Waals surface area contributed by atoms with Crippen LogP contribution >= 0.6 is 0 Å². The number of urea groups is 1. The molecule has 2 heterocycles. The van der Waals surface area contributed by atoms with Crippen LogP contribution in [-0.4, -0.2) is 108 Å². The minimum atomic E-state index is -1.01. The molecule has 42 heavy (non-hydrogen) atoms. The summed E-state index contributed by atoms with van der Waals surface area (Å²) in [5, 5.41) is 31.1. The standard InChI is InChI=1S/C27H46N2O13/c1-14(13-29-27(28)36)24(35)42-20-12-21(26(40-17(20)4)38-15(2)8-9-22(32)33)41-23(34)7-5-6-10-37-25-19(31)11-18(30)16(3)39-25/h14-21,25-26,30-31H,5-13H2,1-4H3,(H,32,33)(H3,28,29,36)/t14-,15-,16?,17?,18-,19+,20-,21+,25-,26-/m1/s1. The highest BCUT2D eigenvalue weighted by atomic mass is 16.7. The summed E-state index contributed by atoms with van der Waals surface area (Å²) in [6.07, 6.45) is -5.66. The third-order valence-electron chi connectivity index (χ3n) is 7.05. The zero-order chi connectivity index (χ0) is 31.4. The summed E-state index contributed by atoms with van der Waals surface area (Å²) in [4.78, 5) is 47.2. The normalized spacial score (nSPS) is 31.0. The van der Waals surface area contributed by atoms with Crippen LogP contribution in [0.1, 0.15) is 72.6 Å². The number of esters is 2. The van der Waals surface area contributed by atoms with Crippen LogP contribution in [-0.2, 0) is 42.8 Å². The smallest absolute Gasteiger partial charge is 0.312 e. The second kappa shape index (κ2) is 17.5. The lowest BCUT2D eigenvalue weighted by molar-refractivity contribution is -0.280. The van der Waals surface area contributed by atoms with E-state index in [9.17, 15) is 29.4 Å². The number of aliphatic hydroxyl groups excluding tert-OH is 2. The van der Waals surface area contributed by atoms with Gasteiger partial charge in [0.05, 0.1) is 30.3 Å². The van der Waals surface area contributed by atoms with Crippen LogP contribution in [0.3, 0.4) is 0 Å². The molecule has 15 nitrogen and oxygen atoms in total. The molecule has 242 valence electrons. The van der Waals surface area contributed by atoms with Crippen molar-refractivity contribution in [1.82, 2.24) is 5.32 Å². The predicted octanol–water partition coefficient (Wildman–Crippen LogP) is 0.563. The van der Waals surface area contributed by atoms with Gasteiger partial charge in [-0.05, 0) is 40.0 Å². The van der Waals surface area contributed by atoms with Gasteiger partial charge in [0.1, 0.15) is 12.2 Å². The number of carbonyl (C=O) groups is 4. The molecule has 0 aliphatic carbocycles. The lowest BCUT2D eigenvalue weighted by Gasteiger charge is -2.40. The molecule has 2 aliphatic heterocycles. The number of aliphatic carboxylic acids is 1. The summed E-state index contributed by atoms with van der Waals surface area (Å²) in [5.74, 6) is -2.80. The number of hydrogen-bond acceptors (Lipinski definition) is 12. The van der Waals surface area contributed by atoms with Gasteiger partial charge in [-0.3, -0.25) is 14.4 Å². The van der Waals surface area contributed by atoms with E-state index in [4.69, 9.17) is 39.3 Å². The number of carboxylic acids is 1. The lowest BCUT2D eigenvalue weighted by Crippen LogP contribution is -2.51. The molecule has 2 fully saturated rings. The van der Waals surface area contributed by atoms with E-state index in [1.165, 1.54) is 0 Å². The number of nitrogens with two attached hydrogens (primary N) is 1. The fraction of sp³-hybridized carbons (Fsp3) is 0.852. The first kappa shape index (κ1) is 35.6. The highest BCUT2D eigenvalue weighted by molar-refractivity contribution is 5.75. The van der Waals surface area contributed by atoms with Gasteiger partial charge in [0.15, 0.2) is 18.7 Å². The maximum absolute atomic E-state index is 12.7. The van der Waals surface area contributed by atoms with E-state index in [1.807, 2.05) is 0 Å². The van der Waals surface area contributed by atoms with Crippen LogP contribution < -0.4 is 11.1 Å². The Labute approximate surface area is 245 Å². The number of hydrogen-bond donors (Lipinski definition) is 5. The van der Waals surface area contributed by atoms with Gasteiger partial charge in [-0.15, -0.1) is 0 Å². The van der Waals surface area contributed by atoms with Crippen molar-refractivity contribution in [2.75, 3.05) is 13.2 Å². The van der Waals surface area contributed by atoms with Crippen LogP contribution in [0.2, 0.25) is 0 Å². The van der Waals surface area contributed by atoms with Crippen LogP contribution in [0.5, 0.6) is 0 Å². The number of ether oxygens (including phenoxy) is 6. The number of carbonyl (C=O) groups excluding carboxylic acids is 3. The number of nitrogens with one attached hydrogen (secondary N) is 1. The molecule has 2 aliphatic rings. The van der Waals surface area contributed by atoms with Crippen molar-refractivity contribution in [1.29, 1.82) is 0 Å². The molecule has 2 amide bonds. The minimum Gasteiger partial charge on any atom is -0.481 e. The summed E-state index contributed by atoms with van der Waals surface area (Å²) in [6.45, 7) is 6.82. The number of rotatable bonds is 16. The third-order valence-corrected chi connectivity index (χ3v) is 7.05. The fourth-order valence-corrected chi connectivity index (χ4v) is 4.40. The molecule has 0 aromatic heterocycles. The SMILES string of the molecule is CC1O[C@@H](OCCCCC(=O)O[C@H]2C[C@@H](OC(=O)[C@H](C)CNC(N)=O)C(C)O[C@H]2O[C@H](C)CCC(=O)O)[C@@H](O)C[C@H]1O. The quantitative estimate of drug-likeness (QED) is 0.120. The first-order valence-electron chi connectivity index (χ1n) is 14.4. The van der Waals surface area contributed by atoms with Gasteiger partial charge in [-0.25, -0.2) is 4.79 Å². The summed E-state index contributed by atoms with van der Waals surface area (Å²) in [5.41, 5.74) is 5.06. The third kappa shape index (κ3) is 12.4. The summed E-state index contributed by atoms with van der Waals surface area (Å²) >= 11 is 0. The van der Waals surface area contributed by atoms with Gasteiger partial charge < -0.3 is 54.8 Å². The van der Waals surface area contributed by atoms with Gasteiger partial charge in [-0.2, -0.15) is 0 Å². The van der Waals surface area contributed by atoms with Crippen molar-refractivity contribution in [3.05, 3.63) is 0 Å². The second-order valence-corrected chi connectivity index (χ2v) is 10.9. The van der Waals surface area contributed by atoms with Gasteiger partial charge in [0, 0.05) is 38.8 Å². The van der Waals surface area contributed by atoms with Crippen LogP contribution in [0.25, 0.3) is 0 Å². The van der Waals surface area contributed by atoms with E-state index in [-0.39, 0.29) is 45.3 Å². The molecule has 0 radical (unpaired) electrons. The Balaban J connectivity index is 1.90. The Morgan fingerprint density at radius 2 is 1.62 bits per heavy atom. The highest BCUT2D eigenvalue weighted by Gasteiger charge is 2.42. The molecule has 2 saturated heterocycles. The summed E-state index contributed by atoms with van der Waals surface area (Å²) in [6, 6.07) is -0.770. The van der Waals surface area contributed by atoms with Crippen molar-refractivity contribution in [3.8, 4) is 0 Å². The van der Waals surface area contributed by atoms with E-state index >= 15 is 0 Å². The molecule has 6 N–H and O–H groups in total. The molecule has 0 spiro atoms. The van der Waals surface area contributed by atoms with E-state index in [2.05, 4.69) is 5.32 Å². The average Bonchev–Trinajstić information content (AvgIpc) is 2.91. The van der Waals surface area contributed by atoms with E-state index in [0.29, 0.717) is 12.8 Å². The first-order valence-corrected chi connectivity index (χ1v) is 14.4. The Morgan fingerprint density at radius 1 is 0.929 bits per heavy atom. The predicted molar refractivity (Wildman–Crippen MR) is 144 cm³/mol. The lowest BCUT2D eigenvalue weighted by atomic mass is 10.0. The minimum absolute atomic E-state index is 0.0160. The zero-order valence-corrected chi connectivity index (χ0v) is 24.6. The molecule has 0 aromatic rings. The van der Waals surface area contributed by atoms with E-state index in [0.717, 1.165) is 0 Å². The Kier molecular flexibility index (Phi) is 14.9. The molecule has 0 bridgehead atoms.